The SMILES string of the molecule is CCO[C@@H]1OC(C(=O)N2CCN(Cc3ccc4c(c3)OCO4)CC2)=C[C@H](C2CCCC2)[C@@H]1CCCO. The van der Waals surface area contributed by atoms with Gasteiger partial charge in [0, 0.05) is 51.9 Å². The van der Waals surface area contributed by atoms with E-state index in [1.807, 2.05) is 24.0 Å². The van der Waals surface area contributed by atoms with Crippen LogP contribution in [0.1, 0.15) is 51.0 Å². The molecule has 0 radical (unpaired) electrons. The molecule has 4 aliphatic rings. The molecule has 1 saturated heterocycles. The summed E-state index contributed by atoms with van der Waals surface area (Å²) in [6.45, 7) is 6.75. The van der Waals surface area contributed by atoms with Crippen molar-refractivity contribution in [3.05, 3.63) is 35.6 Å². The quantitative estimate of drug-likeness (QED) is 0.556. The minimum absolute atomic E-state index is 0.0222. The van der Waals surface area contributed by atoms with Gasteiger partial charge in [0.25, 0.3) is 5.91 Å². The highest BCUT2D eigenvalue weighted by molar-refractivity contribution is 5.91. The van der Waals surface area contributed by atoms with Crippen LogP contribution in [-0.4, -0.2) is 73.3 Å². The maximum atomic E-state index is 13.6. The second-order valence-electron chi connectivity index (χ2n) is 10.4. The van der Waals surface area contributed by atoms with Gasteiger partial charge >= 0.3 is 0 Å². The van der Waals surface area contributed by atoms with Gasteiger partial charge in [-0.25, -0.2) is 0 Å². The first-order chi connectivity index (χ1) is 17.7. The number of nitrogens with zero attached hydrogens (tertiary/aromatic N) is 2. The Hall–Kier alpha value is -2.29. The van der Waals surface area contributed by atoms with Crippen LogP contribution in [0, 0.1) is 17.8 Å². The summed E-state index contributed by atoms with van der Waals surface area (Å²) in [4.78, 5) is 17.9. The van der Waals surface area contributed by atoms with Gasteiger partial charge in [0.2, 0.25) is 13.1 Å². The third-order valence-corrected chi connectivity index (χ3v) is 8.12. The van der Waals surface area contributed by atoms with Crippen LogP contribution >= 0.6 is 0 Å². The number of rotatable bonds is 9. The number of aliphatic hydroxyl groups is 1. The summed E-state index contributed by atoms with van der Waals surface area (Å²) >= 11 is 0. The fraction of sp³-hybridized carbons (Fsp3) is 0.679. The van der Waals surface area contributed by atoms with Gasteiger partial charge in [-0.1, -0.05) is 18.9 Å². The Kier molecular flexibility index (Phi) is 8.34. The fourth-order valence-electron chi connectivity index (χ4n) is 6.22. The lowest BCUT2D eigenvalue weighted by Gasteiger charge is -2.41. The highest BCUT2D eigenvalue weighted by Crippen LogP contribution is 2.43. The Morgan fingerprint density at radius 2 is 1.89 bits per heavy atom. The smallest absolute Gasteiger partial charge is 0.288 e. The number of ether oxygens (including phenoxy) is 4. The number of hydrogen-bond acceptors (Lipinski definition) is 7. The first kappa shape index (κ1) is 25.4. The first-order valence-electron chi connectivity index (χ1n) is 13.7. The van der Waals surface area contributed by atoms with Gasteiger partial charge in [0.15, 0.2) is 17.3 Å². The summed E-state index contributed by atoms with van der Waals surface area (Å²) in [5.41, 5.74) is 1.19. The lowest BCUT2D eigenvalue weighted by atomic mass is 9.76. The van der Waals surface area contributed by atoms with Crippen molar-refractivity contribution in [2.45, 2.75) is 58.3 Å². The predicted molar refractivity (Wildman–Crippen MR) is 134 cm³/mol. The van der Waals surface area contributed by atoms with Crippen LogP contribution in [0.2, 0.25) is 0 Å². The average Bonchev–Trinajstić information content (AvgIpc) is 3.60. The van der Waals surface area contributed by atoms with E-state index in [4.69, 9.17) is 18.9 Å². The normalized spacial score (nSPS) is 26.7. The van der Waals surface area contributed by atoms with Gasteiger partial charge in [-0.2, -0.15) is 0 Å². The van der Waals surface area contributed by atoms with Gasteiger partial charge in [0.1, 0.15) is 0 Å². The third-order valence-electron chi connectivity index (χ3n) is 8.12. The molecule has 1 amide bonds. The molecule has 5 rings (SSSR count). The van der Waals surface area contributed by atoms with Crippen LogP contribution in [0.3, 0.4) is 0 Å². The van der Waals surface area contributed by atoms with Gasteiger partial charge < -0.3 is 29.0 Å². The van der Waals surface area contributed by atoms with Crippen molar-refractivity contribution in [2.24, 2.45) is 17.8 Å². The Morgan fingerprint density at radius 3 is 2.64 bits per heavy atom. The molecule has 3 aliphatic heterocycles. The number of carbonyl (C=O) groups is 1. The lowest BCUT2D eigenvalue weighted by Crippen LogP contribution is -2.50. The summed E-state index contributed by atoms with van der Waals surface area (Å²) in [5, 5.41) is 9.46. The van der Waals surface area contributed by atoms with Crippen LogP contribution in [0.15, 0.2) is 30.0 Å². The van der Waals surface area contributed by atoms with E-state index >= 15 is 0 Å². The van der Waals surface area contributed by atoms with Gasteiger partial charge in [-0.3, -0.25) is 9.69 Å². The molecule has 8 heteroatoms. The van der Waals surface area contributed by atoms with Gasteiger partial charge in [-0.05, 0) is 68.2 Å². The first-order valence-corrected chi connectivity index (χ1v) is 13.7. The molecular weight excluding hydrogens is 460 g/mol. The standard InChI is InChI=1S/C28H40N2O6/c1-2-33-28-22(8-5-15-31)23(21-6-3-4-7-21)17-26(36-28)27(32)30-13-11-29(12-14-30)18-20-9-10-24-25(16-20)35-19-34-24/h9-10,16-17,21-23,28,31H,2-8,11-15,18-19H2,1H3/t22-,23+,28+/m0/s1. The maximum absolute atomic E-state index is 13.6. The number of aliphatic hydroxyl groups excluding tert-OH is 1. The maximum Gasteiger partial charge on any atom is 0.288 e. The van der Waals surface area contributed by atoms with Crippen LogP contribution in [0.5, 0.6) is 11.5 Å². The van der Waals surface area contributed by atoms with Crippen molar-refractivity contribution in [1.82, 2.24) is 9.80 Å². The van der Waals surface area contributed by atoms with Crippen molar-refractivity contribution in [3.63, 3.8) is 0 Å². The number of piperazine rings is 1. The molecule has 36 heavy (non-hydrogen) atoms. The molecule has 2 fully saturated rings. The van der Waals surface area contributed by atoms with E-state index in [0.29, 0.717) is 31.4 Å². The molecule has 1 aromatic rings. The van der Waals surface area contributed by atoms with E-state index in [1.54, 1.807) is 0 Å². The van der Waals surface area contributed by atoms with E-state index in [2.05, 4.69) is 17.0 Å². The fourth-order valence-corrected chi connectivity index (χ4v) is 6.22. The average molecular weight is 501 g/mol. The van der Waals surface area contributed by atoms with Crippen LogP contribution in [0.4, 0.5) is 0 Å². The molecule has 0 bridgehead atoms. The second kappa shape index (κ2) is 11.8. The van der Waals surface area contributed by atoms with E-state index in [-0.39, 0.29) is 31.1 Å². The summed E-state index contributed by atoms with van der Waals surface area (Å²) in [6.07, 6.45) is 8.12. The van der Waals surface area contributed by atoms with E-state index in [0.717, 1.165) is 44.0 Å². The number of amides is 1. The Bertz CT molecular complexity index is 923. The molecular formula is C28H40N2O6. The van der Waals surface area contributed by atoms with Crippen LogP contribution in [0.25, 0.3) is 0 Å². The molecule has 1 saturated carbocycles. The molecule has 0 spiro atoms. The third kappa shape index (κ3) is 5.66. The molecule has 0 unspecified atom stereocenters. The second-order valence-corrected chi connectivity index (χ2v) is 10.4. The molecule has 1 N–H and O–H groups in total. The van der Waals surface area contributed by atoms with Crippen molar-refractivity contribution in [3.8, 4) is 11.5 Å². The van der Waals surface area contributed by atoms with E-state index in [1.165, 1.54) is 31.2 Å². The van der Waals surface area contributed by atoms with Crippen molar-refractivity contribution >= 4 is 5.91 Å². The lowest BCUT2D eigenvalue weighted by molar-refractivity contribution is -0.179. The zero-order chi connectivity index (χ0) is 24.9. The molecule has 198 valence electrons. The zero-order valence-electron chi connectivity index (χ0n) is 21.4. The molecule has 0 aromatic heterocycles. The van der Waals surface area contributed by atoms with Crippen LogP contribution in [-0.2, 0) is 20.8 Å². The van der Waals surface area contributed by atoms with Gasteiger partial charge in [-0.15, -0.1) is 0 Å². The van der Waals surface area contributed by atoms with Crippen molar-refractivity contribution in [2.75, 3.05) is 46.2 Å². The highest BCUT2D eigenvalue weighted by atomic mass is 16.7. The predicted octanol–water partition coefficient (Wildman–Crippen LogP) is 3.53. The monoisotopic (exact) mass is 500 g/mol. The molecule has 1 aromatic carbocycles. The number of fused-ring (bicyclic) bond motifs is 1. The largest absolute Gasteiger partial charge is 0.459 e. The van der Waals surface area contributed by atoms with E-state index in [9.17, 15) is 9.90 Å². The summed E-state index contributed by atoms with van der Waals surface area (Å²) in [5.74, 6) is 3.03. The van der Waals surface area contributed by atoms with Crippen molar-refractivity contribution < 1.29 is 28.8 Å². The van der Waals surface area contributed by atoms with Crippen molar-refractivity contribution in [1.29, 1.82) is 0 Å². The molecule has 1 aliphatic carbocycles. The summed E-state index contributed by atoms with van der Waals surface area (Å²) in [7, 11) is 0. The molecule has 3 heterocycles. The number of carbonyl (C=O) groups excluding carboxylic acids is 1. The van der Waals surface area contributed by atoms with Gasteiger partial charge in [0.05, 0.1) is 0 Å². The number of hydrogen-bond donors (Lipinski definition) is 1. The summed E-state index contributed by atoms with van der Waals surface area (Å²) < 4.78 is 23.2. The topological polar surface area (TPSA) is 80.7 Å². The molecule has 8 nitrogen and oxygen atoms in total. The minimum Gasteiger partial charge on any atom is -0.459 e. The number of allylic oxidation sites excluding steroid dienone is 1. The highest BCUT2D eigenvalue weighted by Gasteiger charge is 2.42. The Morgan fingerprint density at radius 1 is 1.11 bits per heavy atom. The Balaban J connectivity index is 1.23. The minimum atomic E-state index is -0.427. The number of benzene rings is 1. The Labute approximate surface area is 214 Å². The van der Waals surface area contributed by atoms with Crippen LogP contribution < -0.4 is 9.47 Å². The molecule has 3 atom stereocenters. The summed E-state index contributed by atoms with van der Waals surface area (Å²) in [6, 6.07) is 6.09. The zero-order valence-corrected chi connectivity index (χ0v) is 21.4. The van der Waals surface area contributed by atoms with E-state index < -0.39 is 6.29 Å².